The number of ketones is 1. The second-order valence-corrected chi connectivity index (χ2v) is 5.06. The summed E-state index contributed by atoms with van der Waals surface area (Å²) in [7, 11) is 0. The number of Topliss-reactive ketones (excluding diaryl/α,β-unsaturated/α-hetero) is 1. The lowest BCUT2D eigenvalue weighted by atomic mass is 9.85. The molecule has 0 radical (unpaired) electrons. The second-order valence-electron chi connectivity index (χ2n) is 5.06. The number of carbonyl (C=O) groups excluding carboxylic acids is 1. The van der Waals surface area contributed by atoms with Gasteiger partial charge >= 0.3 is 0 Å². The fourth-order valence-corrected chi connectivity index (χ4v) is 2.01. The first-order valence-corrected chi connectivity index (χ1v) is 5.36. The molecule has 0 aromatic carbocycles. The van der Waals surface area contributed by atoms with E-state index in [1.165, 1.54) is 0 Å². The summed E-state index contributed by atoms with van der Waals surface area (Å²) in [6.07, 6.45) is 4.04. The number of hydrogen-bond acceptors (Lipinski definition) is 2. The first kappa shape index (κ1) is 11.4. The first-order valence-electron chi connectivity index (χ1n) is 5.36. The number of likely N-dealkylation sites (tertiary alicyclic amines) is 1. The highest BCUT2D eigenvalue weighted by molar-refractivity contribution is 5.88. The first-order chi connectivity index (χ1) is 6.46. The van der Waals surface area contributed by atoms with Crippen molar-refractivity contribution in [3.63, 3.8) is 0 Å². The zero-order valence-electron chi connectivity index (χ0n) is 9.55. The van der Waals surface area contributed by atoms with Crippen LogP contribution < -0.4 is 0 Å². The molecule has 0 aliphatic carbocycles. The van der Waals surface area contributed by atoms with E-state index in [2.05, 4.69) is 11.5 Å². The predicted molar refractivity (Wildman–Crippen MR) is 59.3 cm³/mol. The van der Waals surface area contributed by atoms with Crippen molar-refractivity contribution in [1.29, 1.82) is 0 Å². The highest BCUT2D eigenvalue weighted by Gasteiger charge is 2.35. The summed E-state index contributed by atoms with van der Waals surface area (Å²) in [4.78, 5) is 14.3. The Kier molecular flexibility index (Phi) is 3.48. The second kappa shape index (κ2) is 4.26. The molecule has 1 fully saturated rings. The van der Waals surface area contributed by atoms with E-state index in [-0.39, 0.29) is 11.5 Å². The molecule has 1 aliphatic heterocycles. The van der Waals surface area contributed by atoms with Crippen LogP contribution in [0, 0.1) is 5.41 Å². The summed E-state index contributed by atoms with van der Waals surface area (Å²) in [5.74, 6) is 0.372. The molecule has 0 N–H and O–H groups in total. The molecule has 0 saturated carbocycles. The van der Waals surface area contributed by atoms with Gasteiger partial charge in [-0.2, -0.15) is 0 Å². The smallest absolute Gasteiger partial charge is 0.155 e. The minimum Gasteiger partial charge on any atom is -0.297 e. The van der Waals surface area contributed by atoms with E-state index >= 15 is 0 Å². The number of carbonyl (C=O) groups is 1. The molecule has 2 nitrogen and oxygen atoms in total. The Bertz CT molecular complexity index is 227. The number of rotatable bonds is 3. The fourth-order valence-electron chi connectivity index (χ4n) is 2.01. The third-order valence-corrected chi connectivity index (χ3v) is 2.77. The van der Waals surface area contributed by atoms with Gasteiger partial charge in [-0.15, -0.1) is 6.58 Å². The summed E-state index contributed by atoms with van der Waals surface area (Å²) >= 11 is 0. The van der Waals surface area contributed by atoms with Crippen LogP contribution in [-0.2, 0) is 4.79 Å². The minimum absolute atomic E-state index is 0.132. The van der Waals surface area contributed by atoms with Gasteiger partial charge in [-0.3, -0.25) is 9.69 Å². The average Bonchev–Trinajstić information content (AvgIpc) is 2.50. The Morgan fingerprint density at radius 2 is 2.21 bits per heavy atom. The van der Waals surface area contributed by atoms with E-state index in [0.29, 0.717) is 5.78 Å². The van der Waals surface area contributed by atoms with E-state index in [9.17, 15) is 4.79 Å². The maximum atomic E-state index is 12.1. The van der Waals surface area contributed by atoms with Crippen LogP contribution in [0.5, 0.6) is 0 Å². The lowest BCUT2D eigenvalue weighted by Gasteiger charge is -2.28. The van der Waals surface area contributed by atoms with Crippen molar-refractivity contribution >= 4 is 5.78 Å². The molecular formula is C12H21NO. The average molecular weight is 195 g/mol. The fraction of sp³-hybridized carbons (Fsp3) is 0.750. The van der Waals surface area contributed by atoms with Crippen molar-refractivity contribution in [3.8, 4) is 0 Å². The van der Waals surface area contributed by atoms with E-state index in [1.54, 1.807) is 0 Å². The molecule has 1 saturated heterocycles. The maximum Gasteiger partial charge on any atom is 0.155 e. The van der Waals surface area contributed by atoms with Crippen LogP contribution in [0.15, 0.2) is 12.7 Å². The summed E-state index contributed by atoms with van der Waals surface area (Å²) in [5, 5.41) is 0. The van der Waals surface area contributed by atoms with Gasteiger partial charge in [0, 0.05) is 12.0 Å². The minimum atomic E-state index is -0.214. The lowest BCUT2D eigenvalue weighted by Crippen LogP contribution is -2.41. The van der Waals surface area contributed by atoms with Crippen molar-refractivity contribution in [1.82, 2.24) is 4.90 Å². The molecule has 80 valence electrons. The van der Waals surface area contributed by atoms with Gasteiger partial charge in [-0.1, -0.05) is 26.8 Å². The van der Waals surface area contributed by atoms with E-state index in [0.717, 1.165) is 25.9 Å². The highest BCUT2D eigenvalue weighted by Crippen LogP contribution is 2.26. The van der Waals surface area contributed by atoms with Gasteiger partial charge in [0.2, 0.25) is 0 Å². The van der Waals surface area contributed by atoms with Crippen molar-refractivity contribution in [2.24, 2.45) is 5.41 Å². The van der Waals surface area contributed by atoms with Crippen molar-refractivity contribution in [2.45, 2.75) is 39.7 Å². The van der Waals surface area contributed by atoms with Crippen LogP contribution in [0.4, 0.5) is 0 Å². The van der Waals surface area contributed by atoms with Gasteiger partial charge in [0.1, 0.15) is 0 Å². The van der Waals surface area contributed by atoms with Crippen LogP contribution in [-0.4, -0.2) is 29.8 Å². The number of hydrogen-bond donors (Lipinski definition) is 0. The van der Waals surface area contributed by atoms with Crippen molar-refractivity contribution in [3.05, 3.63) is 12.7 Å². The summed E-state index contributed by atoms with van der Waals surface area (Å²) < 4.78 is 0. The molecule has 2 heteroatoms. The van der Waals surface area contributed by atoms with Gasteiger partial charge in [-0.05, 0) is 19.4 Å². The van der Waals surface area contributed by atoms with Gasteiger partial charge < -0.3 is 0 Å². The standard InChI is InChI=1S/C12H21NO/c1-5-8-13-9-6-7-10(13)11(14)12(2,3)4/h5,10H,1,6-9H2,2-4H3. The van der Waals surface area contributed by atoms with Crippen LogP contribution in [0.1, 0.15) is 33.6 Å². The topological polar surface area (TPSA) is 20.3 Å². The molecule has 0 aromatic rings. The van der Waals surface area contributed by atoms with E-state index < -0.39 is 0 Å². The van der Waals surface area contributed by atoms with Gasteiger partial charge in [0.25, 0.3) is 0 Å². The van der Waals surface area contributed by atoms with Crippen molar-refractivity contribution in [2.75, 3.05) is 13.1 Å². The quantitative estimate of drug-likeness (QED) is 0.644. The molecule has 1 aliphatic rings. The Balaban J connectivity index is 2.67. The van der Waals surface area contributed by atoms with Gasteiger partial charge in [0.05, 0.1) is 6.04 Å². The van der Waals surface area contributed by atoms with Crippen LogP contribution in [0.3, 0.4) is 0 Å². The molecule has 0 aromatic heterocycles. The SMILES string of the molecule is C=CCN1CCCC1C(=O)C(C)(C)C. The van der Waals surface area contributed by atoms with Crippen LogP contribution in [0.2, 0.25) is 0 Å². The molecule has 1 rings (SSSR count). The Morgan fingerprint density at radius 3 is 2.71 bits per heavy atom. The van der Waals surface area contributed by atoms with Gasteiger partial charge in [-0.25, -0.2) is 0 Å². The van der Waals surface area contributed by atoms with Crippen molar-refractivity contribution < 1.29 is 4.79 Å². The molecule has 1 atom stereocenters. The zero-order chi connectivity index (χ0) is 10.8. The number of nitrogens with zero attached hydrogens (tertiary/aromatic N) is 1. The highest BCUT2D eigenvalue weighted by atomic mass is 16.1. The molecular weight excluding hydrogens is 174 g/mol. The molecule has 0 spiro atoms. The Hall–Kier alpha value is -0.630. The molecule has 0 bridgehead atoms. The van der Waals surface area contributed by atoms with Crippen LogP contribution >= 0.6 is 0 Å². The summed E-state index contributed by atoms with van der Waals surface area (Å²) in [6, 6.07) is 0.132. The lowest BCUT2D eigenvalue weighted by molar-refractivity contribution is -0.130. The molecule has 1 heterocycles. The molecule has 14 heavy (non-hydrogen) atoms. The van der Waals surface area contributed by atoms with Crippen LogP contribution in [0.25, 0.3) is 0 Å². The Labute approximate surface area is 87.0 Å². The Morgan fingerprint density at radius 1 is 1.57 bits per heavy atom. The monoisotopic (exact) mass is 195 g/mol. The summed E-state index contributed by atoms with van der Waals surface area (Å²) in [6.45, 7) is 11.6. The summed E-state index contributed by atoms with van der Waals surface area (Å²) in [5.41, 5.74) is -0.214. The van der Waals surface area contributed by atoms with E-state index in [4.69, 9.17) is 0 Å². The zero-order valence-corrected chi connectivity index (χ0v) is 9.55. The van der Waals surface area contributed by atoms with Gasteiger partial charge in [0.15, 0.2) is 5.78 Å². The predicted octanol–water partition coefficient (Wildman–Crippen LogP) is 2.25. The maximum absolute atomic E-state index is 12.1. The largest absolute Gasteiger partial charge is 0.297 e. The third-order valence-electron chi connectivity index (χ3n) is 2.77. The molecule has 0 amide bonds. The normalized spacial score (nSPS) is 23.8. The molecule has 1 unspecified atom stereocenters. The third kappa shape index (κ3) is 2.44. The van der Waals surface area contributed by atoms with E-state index in [1.807, 2.05) is 26.8 Å².